The first kappa shape index (κ1) is 75.9. The molecule has 0 saturated carbocycles. The summed E-state index contributed by atoms with van der Waals surface area (Å²) in [5.74, 6) is -0.251. The number of rotatable bonds is 63. The van der Waals surface area contributed by atoms with Gasteiger partial charge in [0.2, 0.25) is 5.91 Å². The normalized spacial score (nSPS) is 14.2. The van der Waals surface area contributed by atoms with E-state index in [0.29, 0.717) is 23.9 Å². The Bertz CT molecular complexity index is 1320. The quantitative estimate of drug-likeness (QED) is 0.0207. The Hall–Kier alpha value is -1.06. The van der Waals surface area contributed by atoms with E-state index < -0.39 is 32.7 Å². The minimum Gasteiger partial charge on any atom is -0.390 e. The number of hydrogen-bond acceptors (Lipinski definition) is 6. The van der Waals surface area contributed by atoms with Crippen LogP contribution in [0.1, 0.15) is 341 Å². The van der Waals surface area contributed by atoms with Crippen molar-refractivity contribution in [2.24, 2.45) is 0 Å². The Morgan fingerprint density at radius 2 is 0.766 bits per heavy atom. The van der Waals surface area contributed by atoms with Gasteiger partial charge in [-0.1, -0.05) is 314 Å². The first-order chi connectivity index (χ1) is 37.4. The average Bonchev–Trinajstić information content (AvgIpc) is 3.39. The fourth-order valence-corrected chi connectivity index (χ4v) is 11.2. The maximum Gasteiger partial charge on any atom is 0.472 e. The first-order valence-electron chi connectivity index (χ1n) is 33.8. The average molecular weight is 1110 g/mol. The number of carbonyl (C=O) groups is 1. The molecule has 4 unspecified atom stereocenters. The molecule has 458 valence electrons. The summed E-state index contributed by atoms with van der Waals surface area (Å²) in [5.41, 5.74) is 0. The van der Waals surface area contributed by atoms with Gasteiger partial charge in [0.15, 0.2) is 0 Å². The van der Waals surface area contributed by atoms with Gasteiger partial charge in [-0.15, -0.1) is 0 Å². The predicted octanol–water partition coefficient (Wildman–Crippen LogP) is 20.1. The smallest absolute Gasteiger partial charge is 0.390 e. The van der Waals surface area contributed by atoms with E-state index in [0.717, 1.165) is 44.9 Å². The van der Waals surface area contributed by atoms with Gasteiger partial charge in [-0.2, -0.15) is 0 Å². The van der Waals surface area contributed by atoms with Crippen LogP contribution in [0.4, 0.5) is 0 Å². The molecule has 77 heavy (non-hydrogen) atoms. The fourth-order valence-electron chi connectivity index (χ4n) is 10.5. The van der Waals surface area contributed by atoms with Crippen LogP contribution < -0.4 is 5.32 Å². The summed E-state index contributed by atoms with van der Waals surface area (Å²) in [7, 11) is 1.45. The highest BCUT2D eigenvalue weighted by Gasteiger charge is 2.32. The summed E-state index contributed by atoms with van der Waals surface area (Å²) in [6.45, 7) is 4.63. The van der Waals surface area contributed by atoms with Gasteiger partial charge in [0.1, 0.15) is 19.3 Å². The van der Waals surface area contributed by atoms with Crippen LogP contribution in [0.25, 0.3) is 0 Å². The molecule has 0 aromatic carbocycles. The second kappa shape index (κ2) is 58.1. The van der Waals surface area contributed by atoms with Gasteiger partial charge in [-0.05, 0) is 44.9 Å². The lowest BCUT2D eigenvalue weighted by atomic mass is 9.99. The minimum absolute atomic E-state index is 0.0249. The molecule has 0 aliphatic rings. The second-order valence-electron chi connectivity index (χ2n) is 24.7. The van der Waals surface area contributed by atoms with E-state index in [2.05, 4.69) is 43.5 Å². The van der Waals surface area contributed by atoms with E-state index in [-0.39, 0.29) is 12.5 Å². The topological polar surface area (TPSA) is 125 Å². The third kappa shape index (κ3) is 59.4. The highest BCUT2D eigenvalue weighted by atomic mass is 31.2. The van der Waals surface area contributed by atoms with Crippen LogP contribution in [0.3, 0.4) is 0 Å². The van der Waals surface area contributed by atoms with Gasteiger partial charge < -0.3 is 24.9 Å². The van der Waals surface area contributed by atoms with Crippen LogP contribution in [0, 0.1) is 0 Å². The molecule has 4 N–H and O–H groups in total. The number of hydrogen-bond donors (Lipinski definition) is 4. The summed E-state index contributed by atoms with van der Waals surface area (Å²) in [6, 6.07) is -1.03. The third-order valence-electron chi connectivity index (χ3n) is 15.8. The van der Waals surface area contributed by atoms with Gasteiger partial charge in [-0.3, -0.25) is 13.8 Å². The van der Waals surface area contributed by atoms with Gasteiger partial charge in [0.25, 0.3) is 0 Å². The molecule has 0 aliphatic carbocycles. The molecule has 1 amide bonds. The number of likely N-dealkylation sites (N-methyl/N-ethyl adjacent to an activating group) is 1. The van der Waals surface area contributed by atoms with Crippen LogP contribution in [-0.4, -0.2) is 84.6 Å². The van der Waals surface area contributed by atoms with Crippen LogP contribution in [0.2, 0.25) is 0 Å². The zero-order valence-corrected chi connectivity index (χ0v) is 53.0. The van der Waals surface area contributed by atoms with Crippen molar-refractivity contribution in [2.75, 3.05) is 40.9 Å². The van der Waals surface area contributed by atoms with Crippen LogP contribution >= 0.6 is 7.82 Å². The van der Waals surface area contributed by atoms with Crippen LogP contribution in [0.5, 0.6) is 0 Å². The van der Waals surface area contributed by atoms with Crippen LogP contribution in [0.15, 0.2) is 24.3 Å². The number of aliphatic hydroxyl groups excluding tert-OH is 2. The van der Waals surface area contributed by atoms with Gasteiger partial charge in [-0.25, -0.2) is 4.57 Å². The third-order valence-corrected chi connectivity index (χ3v) is 16.8. The molecule has 0 aliphatic heterocycles. The van der Waals surface area contributed by atoms with Crippen molar-refractivity contribution >= 4 is 13.7 Å². The molecule has 0 rings (SSSR count). The van der Waals surface area contributed by atoms with Crippen molar-refractivity contribution in [3.63, 3.8) is 0 Å². The number of carbonyl (C=O) groups excluding carboxylic acids is 1. The lowest BCUT2D eigenvalue weighted by Gasteiger charge is -2.28. The molecule has 4 atom stereocenters. The molecular weight excluding hydrogens is 976 g/mol. The highest BCUT2D eigenvalue weighted by Crippen LogP contribution is 2.43. The largest absolute Gasteiger partial charge is 0.472 e. The van der Waals surface area contributed by atoms with E-state index in [1.54, 1.807) is 0 Å². The lowest BCUT2D eigenvalue weighted by molar-refractivity contribution is -0.870. The number of nitrogens with one attached hydrogen (secondary N) is 1. The molecule has 0 saturated heterocycles. The Kier molecular flexibility index (Phi) is 57.3. The molecule has 9 nitrogen and oxygen atoms in total. The molecule has 10 heteroatoms. The Balaban J connectivity index is 3.85. The SMILES string of the molecule is CCCCCCC/C=C\C/C=C\CCCCCCCCCCCCCCCCCCCCCCCCCCCCCCCC(=O)NC(COP(=O)(O)OCC[N+](C)(C)C)C(O)C(O)CCCCCCCCCCCCCC. The van der Waals surface area contributed by atoms with Gasteiger partial charge in [0.05, 0.1) is 39.9 Å². The number of amides is 1. The van der Waals surface area contributed by atoms with Gasteiger partial charge >= 0.3 is 7.82 Å². The van der Waals surface area contributed by atoms with Gasteiger partial charge in [0, 0.05) is 6.42 Å². The van der Waals surface area contributed by atoms with Crippen LogP contribution in [-0.2, 0) is 18.4 Å². The lowest BCUT2D eigenvalue weighted by Crippen LogP contribution is -2.51. The number of allylic oxidation sites excluding steroid dienone is 4. The number of unbranched alkanes of at least 4 members (excludes halogenated alkanes) is 45. The number of phosphoric ester groups is 1. The molecule has 0 fully saturated rings. The van der Waals surface area contributed by atoms with Crippen molar-refractivity contribution in [3.05, 3.63) is 24.3 Å². The zero-order chi connectivity index (χ0) is 56.4. The molecule has 0 radical (unpaired) electrons. The summed E-state index contributed by atoms with van der Waals surface area (Å²) in [6.07, 6.45) is 71.8. The predicted molar refractivity (Wildman–Crippen MR) is 334 cm³/mol. The van der Waals surface area contributed by atoms with Crippen molar-refractivity contribution in [1.82, 2.24) is 5.32 Å². The summed E-state index contributed by atoms with van der Waals surface area (Å²) in [4.78, 5) is 23.4. The number of phosphoric acid groups is 1. The minimum atomic E-state index is -4.42. The molecule has 0 aromatic heterocycles. The summed E-state index contributed by atoms with van der Waals surface area (Å²) >= 11 is 0. The molecule has 0 bridgehead atoms. The highest BCUT2D eigenvalue weighted by molar-refractivity contribution is 7.47. The fraction of sp³-hybridized carbons (Fsp3) is 0.925. The van der Waals surface area contributed by atoms with Crippen molar-refractivity contribution in [1.29, 1.82) is 0 Å². The molecule has 0 aromatic rings. The standard InChI is InChI=1S/C67H133N2O7P/c1-6-8-10-12-14-16-18-20-21-22-23-24-25-26-27-28-29-30-31-32-33-34-35-36-37-38-39-40-41-42-43-44-45-46-47-48-50-52-54-56-58-60-66(71)68-64(63-76-77(73,74)75-62-61-69(3,4)5)67(72)65(70)59-57-55-53-51-49-19-17-15-13-11-9-7-2/h18,20,22-23,64-65,67,70,72H,6-17,19,21,24-63H2,1-5H3,(H-,68,71,73,74)/p+1/b20-18-,23-22-. The van der Waals surface area contributed by atoms with Crippen molar-refractivity contribution < 1.29 is 38.0 Å². The summed E-state index contributed by atoms with van der Waals surface area (Å²) in [5, 5.41) is 24.9. The van der Waals surface area contributed by atoms with Crippen molar-refractivity contribution in [3.8, 4) is 0 Å². The van der Waals surface area contributed by atoms with E-state index in [1.807, 2.05) is 21.1 Å². The maximum absolute atomic E-state index is 13.0. The summed E-state index contributed by atoms with van der Waals surface area (Å²) < 4.78 is 23.7. The Labute approximate surface area is 479 Å². The molecule has 0 spiro atoms. The number of aliphatic hydroxyl groups is 2. The van der Waals surface area contributed by atoms with E-state index in [1.165, 1.54) is 270 Å². The van der Waals surface area contributed by atoms with E-state index >= 15 is 0 Å². The second-order valence-corrected chi connectivity index (χ2v) is 26.1. The van der Waals surface area contributed by atoms with E-state index in [9.17, 15) is 24.5 Å². The monoisotopic (exact) mass is 1110 g/mol. The number of quaternary nitrogens is 1. The molecular formula is C67H134N2O7P+. The Morgan fingerprint density at radius 1 is 0.455 bits per heavy atom. The van der Waals surface area contributed by atoms with E-state index in [4.69, 9.17) is 9.05 Å². The zero-order valence-electron chi connectivity index (χ0n) is 52.1. The number of nitrogens with zero attached hydrogens (tertiary/aromatic N) is 1. The van der Waals surface area contributed by atoms with Crippen molar-refractivity contribution in [2.45, 2.75) is 360 Å². The Morgan fingerprint density at radius 3 is 1.10 bits per heavy atom. The maximum atomic E-state index is 13.0. The molecule has 0 heterocycles. The first-order valence-corrected chi connectivity index (χ1v) is 35.3.